The minimum atomic E-state index is 0. The van der Waals surface area contributed by atoms with Crippen molar-refractivity contribution in [3.63, 3.8) is 0 Å². The molecular weight excluding hydrogens is 294 g/mol. The SMILES string of the molecule is Cl.c1ccc(-c2nnc(CNCc3cccs3)o2)cc1. The summed E-state index contributed by atoms with van der Waals surface area (Å²) in [5.41, 5.74) is 0.944. The predicted molar refractivity (Wildman–Crippen MR) is 81.8 cm³/mol. The van der Waals surface area contributed by atoms with Crippen molar-refractivity contribution in [2.24, 2.45) is 0 Å². The van der Waals surface area contributed by atoms with Crippen molar-refractivity contribution in [3.05, 3.63) is 58.6 Å². The van der Waals surface area contributed by atoms with Gasteiger partial charge in [-0.15, -0.1) is 33.9 Å². The average Bonchev–Trinajstić information content (AvgIpc) is 3.11. The van der Waals surface area contributed by atoms with Gasteiger partial charge in [0.15, 0.2) is 0 Å². The minimum absolute atomic E-state index is 0. The molecule has 3 rings (SSSR count). The zero-order valence-electron chi connectivity index (χ0n) is 10.7. The third kappa shape index (κ3) is 3.66. The zero-order valence-corrected chi connectivity index (χ0v) is 12.3. The average molecular weight is 308 g/mol. The summed E-state index contributed by atoms with van der Waals surface area (Å²) in [7, 11) is 0. The van der Waals surface area contributed by atoms with Crippen LogP contribution < -0.4 is 5.32 Å². The molecule has 20 heavy (non-hydrogen) atoms. The quantitative estimate of drug-likeness (QED) is 0.783. The smallest absolute Gasteiger partial charge is 0.247 e. The molecule has 0 aliphatic heterocycles. The Balaban J connectivity index is 0.00000147. The van der Waals surface area contributed by atoms with Crippen molar-refractivity contribution in [1.29, 1.82) is 0 Å². The molecule has 0 atom stereocenters. The summed E-state index contributed by atoms with van der Waals surface area (Å²) in [4.78, 5) is 1.29. The lowest BCUT2D eigenvalue weighted by Crippen LogP contribution is -2.11. The lowest BCUT2D eigenvalue weighted by Gasteiger charge is -1.98. The maximum absolute atomic E-state index is 5.61. The van der Waals surface area contributed by atoms with Crippen LogP contribution in [0.5, 0.6) is 0 Å². The molecule has 0 unspecified atom stereocenters. The van der Waals surface area contributed by atoms with Crippen LogP contribution in [0.25, 0.3) is 11.5 Å². The fourth-order valence-electron chi connectivity index (χ4n) is 1.73. The number of thiophene rings is 1. The first-order chi connectivity index (χ1) is 9.42. The Morgan fingerprint density at radius 2 is 1.85 bits per heavy atom. The van der Waals surface area contributed by atoms with Crippen LogP contribution in [0.1, 0.15) is 10.8 Å². The number of nitrogens with one attached hydrogen (secondary N) is 1. The molecule has 0 radical (unpaired) electrons. The normalized spacial score (nSPS) is 10.2. The molecule has 3 aromatic rings. The van der Waals surface area contributed by atoms with Crippen molar-refractivity contribution < 1.29 is 4.42 Å². The molecule has 2 aromatic heterocycles. The molecule has 0 amide bonds. The highest BCUT2D eigenvalue weighted by Crippen LogP contribution is 2.16. The van der Waals surface area contributed by atoms with E-state index in [-0.39, 0.29) is 12.4 Å². The van der Waals surface area contributed by atoms with Gasteiger partial charge in [0.05, 0.1) is 6.54 Å². The molecule has 4 nitrogen and oxygen atoms in total. The highest BCUT2D eigenvalue weighted by Gasteiger charge is 2.07. The van der Waals surface area contributed by atoms with Crippen molar-refractivity contribution >= 4 is 23.7 Å². The first kappa shape index (κ1) is 14.7. The summed E-state index contributed by atoms with van der Waals surface area (Å²) in [5, 5.41) is 13.4. The fraction of sp³-hybridized carbons (Fsp3) is 0.143. The van der Waals surface area contributed by atoms with Gasteiger partial charge in [-0.25, -0.2) is 0 Å². The van der Waals surface area contributed by atoms with E-state index in [0.29, 0.717) is 18.3 Å². The van der Waals surface area contributed by atoms with Crippen LogP contribution in [0.15, 0.2) is 52.3 Å². The number of hydrogen-bond acceptors (Lipinski definition) is 5. The molecule has 0 saturated carbocycles. The predicted octanol–water partition coefficient (Wildman–Crippen LogP) is 3.51. The second kappa shape index (κ2) is 7.19. The van der Waals surface area contributed by atoms with E-state index in [0.717, 1.165) is 12.1 Å². The lowest BCUT2D eigenvalue weighted by atomic mass is 10.2. The zero-order chi connectivity index (χ0) is 12.9. The number of hydrogen-bond donors (Lipinski definition) is 1. The van der Waals surface area contributed by atoms with Gasteiger partial charge >= 0.3 is 0 Å². The van der Waals surface area contributed by atoms with E-state index in [1.54, 1.807) is 11.3 Å². The maximum Gasteiger partial charge on any atom is 0.247 e. The van der Waals surface area contributed by atoms with E-state index < -0.39 is 0 Å². The number of halogens is 1. The van der Waals surface area contributed by atoms with E-state index >= 15 is 0 Å². The Bertz CT molecular complexity index is 625. The summed E-state index contributed by atoms with van der Waals surface area (Å²) in [6.45, 7) is 1.40. The number of rotatable bonds is 5. The maximum atomic E-state index is 5.61. The van der Waals surface area contributed by atoms with Gasteiger partial charge in [-0.05, 0) is 23.6 Å². The van der Waals surface area contributed by atoms with Gasteiger partial charge in [-0.3, -0.25) is 0 Å². The molecule has 0 aliphatic carbocycles. The van der Waals surface area contributed by atoms with Gasteiger partial charge < -0.3 is 9.73 Å². The topological polar surface area (TPSA) is 51.0 Å². The largest absolute Gasteiger partial charge is 0.419 e. The van der Waals surface area contributed by atoms with Crippen LogP contribution in [-0.2, 0) is 13.1 Å². The molecule has 0 fully saturated rings. The lowest BCUT2D eigenvalue weighted by molar-refractivity contribution is 0.478. The number of aromatic nitrogens is 2. The molecule has 0 aliphatic rings. The standard InChI is InChI=1S/C14H13N3OS.ClH/c1-2-5-11(6-3-1)14-17-16-13(18-14)10-15-9-12-7-4-8-19-12;/h1-8,15H,9-10H2;1H. The number of nitrogens with zero attached hydrogens (tertiary/aromatic N) is 2. The van der Waals surface area contributed by atoms with Gasteiger partial charge in [-0.2, -0.15) is 0 Å². The Labute approximate surface area is 127 Å². The van der Waals surface area contributed by atoms with Crippen LogP contribution in [0, 0.1) is 0 Å². The third-order valence-corrected chi connectivity index (χ3v) is 3.52. The number of benzene rings is 1. The first-order valence-corrected chi connectivity index (χ1v) is 6.91. The van der Waals surface area contributed by atoms with Crippen molar-refractivity contribution in [2.75, 3.05) is 0 Å². The second-order valence-corrected chi connectivity index (χ2v) is 5.08. The monoisotopic (exact) mass is 307 g/mol. The van der Waals surface area contributed by atoms with E-state index in [9.17, 15) is 0 Å². The second-order valence-electron chi connectivity index (χ2n) is 4.05. The van der Waals surface area contributed by atoms with Gasteiger partial charge in [0.2, 0.25) is 11.8 Å². The summed E-state index contributed by atoms with van der Waals surface area (Å²) in [5.74, 6) is 1.17. The molecule has 104 valence electrons. The van der Waals surface area contributed by atoms with Gasteiger partial charge in [0, 0.05) is 17.0 Å². The molecule has 2 heterocycles. The minimum Gasteiger partial charge on any atom is -0.419 e. The molecular formula is C14H14ClN3OS. The van der Waals surface area contributed by atoms with E-state index in [4.69, 9.17) is 4.42 Å². The van der Waals surface area contributed by atoms with Crippen molar-refractivity contribution in [2.45, 2.75) is 13.1 Å². The summed E-state index contributed by atoms with van der Waals surface area (Å²) in [6.07, 6.45) is 0. The van der Waals surface area contributed by atoms with Crippen LogP contribution in [0.2, 0.25) is 0 Å². The van der Waals surface area contributed by atoms with Gasteiger partial charge in [0.25, 0.3) is 0 Å². The molecule has 1 aromatic carbocycles. The highest BCUT2D eigenvalue weighted by molar-refractivity contribution is 7.09. The third-order valence-electron chi connectivity index (χ3n) is 2.64. The Morgan fingerprint density at radius 1 is 1.00 bits per heavy atom. The van der Waals surface area contributed by atoms with Crippen molar-refractivity contribution in [3.8, 4) is 11.5 Å². The Kier molecular flexibility index (Phi) is 5.29. The molecule has 0 saturated heterocycles. The summed E-state index contributed by atoms with van der Waals surface area (Å²) < 4.78 is 5.61. The van der Waals surface area contributed by atoms with Crippen LogP contribution in [-0.4, -0.2) is 10.2 Å². The Hall–Kier alpha value is -1.69. The van der Waals surface area contributed by atoms with Crippen LogP contribution in [0.3, 0.4) is 0 Å². The molecule has 1 N–H and O–H groups in total. The van der Waals surface area contributed by atoms with E-state index in [1.807, 2.05) is 36.4 Å². The highest BCUT2D eigenvalue weighted by atomic mass is 35.5. The fourth-order valence-corrected chi connectivity index (χ4v) is 2.40. The van der Waals surface area contributed by atoms with Gasteiger partial charge in [-0.1, -0.05) is 24.3 Å². The molecule has 0 spiro atoms. The molecule has 6 heteroatoms. The Morgan fingerprint density at radius 3 is 2.60 bits per heavy atom. The van der Waals surface area contributed by atoms with Gasteiger partial charge in [0.1, 0.15) is 0 Å². The van der Waals surface area contributed by atoms with Crippen molar-refractivity contribution in [1.82, 2.24) is 15.5 Å². The van der Waals surface area contributed by atoms with E-state index in [1.165, 1.54) is 4.88 Å². The van der Waals surface area contributed by atoms with Crippen LogP contribution >= 0.6 is 23.7 Å². The van der Waals surface area contributed by atoms with Crippen LogP contribution in [0.4, 0.5) is 0 Å². The summed E-state index contributed by atoms with van der Waals surface area (Å²) >= 11 is 1.73. The summed E-state index contributed by atoms with van der Waals surface area (Å²) in [6, 6.07) is 13.9. The first-order valence-electron chi connectivity index (χ1n) is 6.03. The molecule has 0 bridgehead atoms. The van der Waals surface area contributed by atoms with E-state index in [2.05, 4.69) is 27.0 Å².